The number of ether oxygens (including phenoxy) is 1. The Balaban J connectivity index is 1.78. The van der Waals surface area contributed by atoms with Crippen molar-refractivity contribution in [3.05, 3.63) is 59.2 Å². The number of aromatic nitrogens is 3. The summed E-state index contributed by atoms with van der Waals surface area (Å²) in [6.45, 7) is 2.12. The number of halogens is 1. The van der Waals surface area contributed by atoms with E-state index in [9.17, 15) is 0 Å². The smallest absolute Gasteiger partial charge is 0.249 e. The molecular formula is C18H18ClN5O. The van der Waals surface area contributed by atoms with Gasteiger partial charge in [-0.05, 0) is 42.3 Å². The lowest BCUT2D eigenvalue weighted by Crippen LogP contribution is -2.03. The molecule has 2 N–H and O–H groups in total. The molecular weight excluding hydrogens is 338 g/mol. The van der Waals surface area contributed by atoms with Crippen LogP contribution in [0.25, 0.3) is 0 Å². The second-order valence-corrected chi connectivity index (χ2v) is 5.75. The minimum Gasteiger partial charge on any atom is -0.495 e. The van der Waals surface area contributed by atoms with Crippen LogP contribution in [0, 0.1) is 0 Å². The van der Waals surface area contributed by atoms with Gasteiger partial charge in [0.1, 0.15) is 5.75 Å². The van der Waals surface area contributed by atoms with Gasteiger partial charge in [-0.1, -0.05) is 30.7 Å². The van der Waals surface area contributed by atoms with Crippen LogP contribution in [0.4, 0.5) is 23.1 Å². The third-order valence-electron chi connectivity index (χ3n) is 3.60. The highest BCUT2D eigenvalue weighted by molar-refractivity contribution is 6.31. The summed E-state index contributed by atoms with van der Waals surface area (Å²) in [5.74, 6) is 1.57. The number of benzene rings is 2. The molecule has 2 aromatic carbocycles. The van der Waals surface area contributed by atoms with Gasteiger partial charge >= 0.3 is 0 Å². The third-order valence-corrected chi connectivity index (χ3v) is 3.84. The van der Waals surface area contributed by atoms with E-state index in [2.05, 4.69) is 44.9 Å². The molecule has 0 aliphatic carbocycles. The highest BCUT2D eigenvalue weighted by Gasteiger charge is 2.07. The highest BCUT2D eigenvalue weighted by Crippen LogP contribution is 2.29. The predicted molar refractivity (Wildman–Crippen MR) is 100 cm³/mol. The fourth-order valence-corrected chi connectivity index (χ4v) is 2.46. The normalized spacial score (nSPS) is 10.4. The Morgan fingerprint density at radius 2 is 1.88 bits per heavy atom. The summed E-state index contributed by atoms with van der Waals surface area (Å²) in [6.07, 6.45) is 2.57. The summed E-state index contributed by atoms with van der Waals surface area (Å²) in [5.41, 5.74) is 2.88. The molecule has 0 aliphatic rings. The Hall–Kier alpha value is -2.86. The van der Waals surface area contributed by atoms with Gasteiger partial charge in [0.2, 0.25) is 5.95 Å². The molecule has 128 valence electrons. The average Bonchev–Trinajstić information content (AvgIpc) is 2.63. The third kappa shape index (κ3) is 4.36. The van der Waals surface area contributed by atoms with Gasteiger partial charge in [-0.3, -0.25) is 0 Å². The van der Waals surface area contributed by atoms with E-state index in [1.165, 1.54) is 5.56 Å². The fraction of sp³-hybridized carbons (Fsp3) is 0.167. The topological polar surface area (TPSA) is 72.0 Å². The standard InChI is InChI=1S/C18H18ClN5O/c1-3-12-4-7-14(8-5-12)21-17-11-20-24-18(23-17)22-15-10-13(19)6-9-16(15)25-2/h4-11H,3H2,1-2H3,(H2,21,22,23,24). The monoisotopic (exact) mass is 355 g/mol. The molecule has 3 rings (SSSR count). The van der Waals surface area contributed by atoms with E-state index in [1.54, 1.807) is 31.5 Å². The maximum atomic E-state index is 6.04. The van der Waals surface area contributed by atoms with Crippen molar-refractivity contribution in [2.75, 3.05) is 17.7 Å². The summed E-state index contributed by atoms with van der Waals surface area (Å²) >= 11 is 6.04. The van der Waals surface area contributed by atoms with Crippen molar-refractivity contribution >= 4 is 34.7 Å². The molecule has 0 amide bonds. The highest BCUT2D eigenvalue weighted by atomic mass is 35.5. The zero-order valence-electron chi connectivity index (χ0n) is 14.0. The molecule has 1 heterocycles. The van der Waals surface area contributed by atoms with Crippen molar-refractivity contribution in [2.45, 2.75) is 13.3 Å². The summed E-state index contributed by atoms with van der Waals surface area (Å²) in [6, 6.07) is 13.4. The molecule has 0 saturated heterocycles. The van der Waals surface area contributed by atoms with Crippen molar-refractivity contribution in [3.63, 3.8) is 0 Å². The molecule has 0 spiro atoms. The maximum absolute atomic E-state index is 6.04. The van der Waals surface area contributed by atoms with Gasteiger partial charge in [0.25, 0.3) is 0 Å². The number of hydrogen-bond donors (Lipinski definition) is 2. The minimum atomic E-state index is 0.343. The van der Waals surface area contributed by atoms with Crippen LogP contribution in [-0.4, -0.2) is 22.3 Å². The first kappa shape index (κ1) is 17.0. The molecule has 0 bridgehead atoms. The summed E-state index contributed by atoms with van der Waals surface area (Å²) in [7, 11) is 1.59. The first-order chi connectivity index (χ1) is 12.2. The van der Waals surface area contributed by atoms with Crippen molar-refractivity contribution < 1.29 is 4.74 Å². The van der Waals surface area contributed by atoms with Crippen molar-refractivity contribution in [1.82, 2.24) is 15.2 Å². The summed E-state index contributed by atoms with van der Waals surface area (Å²) in [4.78, 5) is 4.42. The summed E-state index contributed by atoms with van der Waals surface area (Å²) in [5, 5.41) is 14.8. The number of nitrogens with one attached hydrogen (secondary N) is 2. The lowest BCUT2D eigenvalue weighted by atomic mass is 10.1. The quantitative estimate of drug-likeness (QED) is 0.674. The zero-order chi connectivity index (χ0) is 17.6. The Bertz CT molecular complexity index is 854. The number of methoxy groups -OCH3 is 1. The molecule has 0 saturated carbocycles. The summed E-state index contributed by atoms with van der Waals surface area (Å²) < 4.78 is 5.31. The number of aryl methyl sites for hydroxylation is 1. The molecule has 6 nitrogen and oxygen atoms in total. The van der Waals surface area contributed by atoms with E-state index in [0.29, 0.717) is 28.2 Å². The van der Waals surface area contributed by atoms with E-state index in [4.69, 9.17) is 16.3 Å². The van der Waals surface area contributed by atoms with Crippen LogP contribution >= 0.6 is 11.6 Å². The van der Waals surface area contributed by atoms with E-state index in [-0.39, 0.29) is 0 Å². The van der Waals surface area contributed by atoms with Crippen LogP contribution in [-0.2, 0) is 6.42 Å². The molecule has 0 atom stereocenters. The van der Waals surface area contributed by atoms with E-state index in [1.807, 2.05) is 12.1 Å². The maximum Gasteiger partial charge on any atom is 0.249 e. The molecule has 25 heavy (non-hydrogen) atoms. The molecule has 0 fully saturated rings. The lowest BCUT2D eigenvalue weighted by Gasteiger charge is -2.11. The van der Waals surface area contributed by atoms with E-state index in [0.717, 1.165) is 12.1 Å². The lowest BCUT2D eigenvalue weighted by molar-refractivity contribution is 0.417. The van der Waals surface area contributed by atoms with Gasteiger partial charge < -0.3 is 15.4 Å². The molecule has 3 aromatic rings. The van der Waals surface area contributed by atoms with Crippen LogP contribution < -0.4 is 15.4 Å². The van der Waals surface area contributed by atoms with E-state index >= 15 is 0 Å². The van der Waals surface area contributed by atoms with Gasteiger partial charge in [-0.15, -0.1) is 5.10 Å². The number of hydrogen-bond acceptors (Lipinski definition) is 6. The molecule has 1 aromatic heterocycles. The van der Waals surface area contributed by atoms with Crippen LogP contribution in [0.15, 0.2) is 48.7 Å². The van der Waals surface area contributed by atoms with Gasteiger partial charge in [-0.2, -0.15) is 10.1 Å². The van der Waals surface area contributed by atoms with Gasteiger partial charge in [-0.25, -0.2) is 0 Å². The Morgan fingerprint density at radius 3 is 2.60 bits per heavy atom. The Morgan fingerprint density at radius 1 is 1.08 bits per heavy atom. The van der Waals surface area contributed by atoms with Crippen molar-refractivity contribution in [1.29, 1.82) is 0 Å². The SMILES string of the molecule is CCc1ccc(Nc2cnnc(Nc3cc(Cl)ccc3OC)n2)cc1. The van der Waals surface area contributed by atoms with E-state index < -0.39 is 0 Å². The van der Waals surface area contributed by atoms with Crippen LogP contribution in [0.1, 0.15) is 12.5 Å². The van der Waals surface area contributed by atoms with Gasteiger partial charge in [0, 0.05) is 10.7 Å². The first-order valence-corrected chi connectivity index (χ1v) is 8.22. The van der Waals surface area contributed by atoms with Crippen LogP contribution in [0.2, 0.25) is 5.02 Å². The second kappa shape index (κ2) is 7.81. The number of nitrogens with zero attached hydrogens (tertiary/aromatic N) is 3. The largest absolute Gasteiger partial charge is 0.495 e. The Labute approximate surface area is 151 Å². The second-order valence-electron chi connectivity index (χ2n) is 5.31. The molecule has 0 aliphatic heterocycles. The molecule has 0 unspecified atom stereocenters. The minimum absolute atomic E-state index is 0.343. The Kier molecular flexibility index (Phi) is 5.30. The van der Waals surface area contributed by atoms with Gasteiger partial charge in [0.15, 0.2) is 5.82 Å². The van der Waals surface area contributed by atoms with Crippen molar-refractivity contribution in [3.8, 4) is 5.75 Å². The number of anilines is 4. The zero-order valence-corrected chi connectivity index (χ0v) is 14.7. The molecule has 7 heteroatoms. The average molecular weight is 356 g/mol. The predicted octanol–water partition coefficient (Wildman–Crippen LogP) is 4.58. The molecule has 0 radical (unpaired) electrons. The van der Waals surface area contributed by atoms with Gasteiger partial charge in [0.05, 0.1) is 19.0 Å². The number of rotatable bonds is 6. The first-order valence-electron chi connectivity index (χ1n) is 7.84. The van der Waals surface area contributed by atoms with Crippen molar-refractivity contribution in [2.24, 2.45) is 0 Å². The fourth-order valence-electron chi connectivity index (χ4n) is 2.29. The van der Waals surface area contributed by atoms with Crippen LogP contribution in [0.5, 0.6) is 5.75 Å². The van der Waals surface area contributed by atoms with Crippen LogP contribution in [0.3, 0.4) is 0 Å².